The molecule has 0 fully saturated rings. The van der Waals surface area contributed by atoms with Crippen molar-refractivity contribution in [3.8, 4) is 0 Å². The summed E-state index contributed by atoms with van der Waals surface area (Å²) in [5, 5.41) is 2.69. The van der Waals surface area contributed by atoms with E-state index in [1.165, 1.54) is 6.08 Å². The van der Waals surface area contributed by atoms with E-state index >= 15 is 0 Å². The lowest BCUT2D eigenvalue weighted by Crippen LogP contribution is -2.19. The summed E-state index contributed by atoms with van der Waals surface area (Å²) in [7, 11) is 0. The normalized spacial score (nSPS) is 8.05. The zero-order valence-electron chi connectivity index (χ0n) is 11.1. The lowest BCUT2D eigenvalue weighted by atomic mass is 10.2. The molecule has 4 heteroatoms. The quantitative estimate of drug-likeness (QED) is 0.665. The molecule has 0 bridgehead atoms. The zero-order valence-corrected chi connectivity index (χ0v) is 11.1. The van der Waals surface area contributed by atoms with Crippen molar-refractivity contribution in [3.63, 3.8) is 0 Å². The van der Waals surface area contributed by atoms with Crippen LogP contribution in [0.5, 0.6) is 0 Å². The molecule has 110 valence electrons. The molecule has 4 nitrogen and oxygen atoms in total. The van der Waals surface area contributed by atoms with Crippen molar-refractivity contribution >= 4 is 11.9 Å². The van der Waals surface area contributed by atoms with Gasteiger partial charge in [-0.15, -0.1) is 0 Å². The fraction of sp³-hybridized carbons (Fsp3) is 0.250. The number of amides is 1. The summed E-state index contributed by atoms with van der Waals surface area (Å²) in [4.78, 5) is 20.8. The molecule has 1 aromatic carbocycles. The monoisotopic (exact) mass is 277 g/mol. The molecule has 0 heterocycles. The first-order valence-electron chi connectivity index (χ1n) is 5.87. The van der Waals surface area contributed by atoms with Crippen LogP contribution >= 0.6 is 0 Å². The molecule has 0 atom stereocenters. The topological polar surface area (TPSA) is 55.4 Å². The summed E-state index contributed by atoms with van der Waals surface area (Å²) in [6.07, 6.45) is 2.41. The Labute approximate surface area is 121 Å². The molecule has 20 heavy (non-hydrogen) atoms. The number of hydrogen-bond donors (Lipinski definition) is 1. The molecule has 0 saturated carbocycles. The maximum atomic E-state index is 10.8. The van der Waals surface area contributed by atoms with Crippen molar-refractivity contribution in [2.24, 2.45) is 0 Å². The van der Waals surface area contributed by atoms with E-state index in [0.29, 0.717) is 13.2 Å². The molecular weight excluding hydrogens is 254 g/mol. The molecule has 0 aliphatic heterocycles. The second-order valence-corrected chi connectivity index (χ2v) is 3.36. The van der Waals surface area contributed by atoms with E-state index in [2.05, 4.69) is 23.2 Å². The molecule has 0 aromatic heterocycles. The van der Waals surface area contributed by atoms with Crippen molar-refractivity contribution in [2.75, 3.05) is 6.61 Å². The van der Waals surface area contributed by atoms with Gasteiger partial charge in [0.1, 0.15) is 0 Å². The first-order chi connectivity index (χ1) is 9.13. The number of benzene rings is 1. The maximum Gasteiger partial charge on any atom is 0.330 e. The molecule has 1 aromatic rings. The predicted molar refractivity (Wildman–Crippen MR) is 82.0 cm³/mol. The van der Waals surface area contributed by atoms with Crippen LogP contribution in [0.2, 0.25) is 0 Å². The van der Waals surface area contributed by atoms with E-state index in [1.807, 2.05) is 30.3 Å². The third kappa shape index (κ3) is 10.8. The highest BCUT2D eigenvalue weighted by Crippen LogP contribution is 1.96. The smallest absolute Gasteiger partial charge is 0.330 e. The molecule has 0 aliphatic rings. The summed E-state index contributed by atoms with van der Waals surface area (Å²) < 4.78 is 4.43. The van der Waals surface area contributed by atoms with Gasteiger partial charge in [-0.05, 0) is 18.6 Å². The van der Waals surface area contributed by atoms with Gasteiger partial charge in [0, 0.05) is 12.6 Å². The number of ether oxygens (including phenoxy) is 1. The first-order valence-corrected chi connectivity index (χ1v) is 5.87. The summed E-state index contributed by atoms with van der Waals surface area (Å²) >= 11 is 0. The van der Waals surface area contributed by atoms with Gasteiger partial charge < -0.3 is 10.1 Å². The van der Waals surface area contributed by atoms with Crippen LogP contribution in [0.3, 0.4) is 0 Å². The molecule has 0 spiro atoms. The largest absolute Gasteiger partial charge is 0.463 e. The van der Waals surface area contributed by atoms with E-state index in [1.54, 1.807) is 6.92 Å². The van der Waals surface area contributed by atoms with Gasteiger partial charge >= 0.3 is 5.97 Å². The average molecular weight is 277 g/mol. The molecule has 0 unspecified atom stereocenters. The molecule has 0 radical (unpaired) electrons. The van der Waals surface area contributed by atoms with Crippen LogP contribution in [0.25, 0.3) is 0 Å². The van der Waals surface area contributed by atoms with Crippen molar-refractivity contribution < 1.29 is 14.3 Å². The number of carbonyl (C=O) groups is 2. The molecule has 0 aliphatic carbocycles. The van der Waals surface area contributed by atoms with Gasteiger partial charge in [-0.1, -0.05) is 50.9 Å². The molecule has 1 amide bonds. The second kappa shape index (κ2) is 13.1. The van der Waals surface area contributed by atoms with Gasteiger partial charge in [-0.3, -0.25) is 4.79 Å². The summed E-state index contributed by atoms with van der Waals surface area (Å²) in [6.45, 7) is 9.30. The van der Waals surface area contributed by atoms with Crippen LogP contribution in [0.1, 0.15) is 19.9 Å². The summed E-state index contributed by atoms with van der Waals surface area (Å²) in [5.41, 5.74) is 1.09. The van der Waals surface area contributed by atoms with E-state index in [9.17, 15) is 9.59 Å². The van der Waals surface area contributed by atoms with E-state index in [0.717, 1.165) is 11.6 Å². The summed E-state index contributed by atoms with van der Waals surface area (Å²) in [5.74, 6) is -0.499. The van der Waals surface area contributed by atoms with Crippen LogP contribution in [0.4, 0.5) is 0 Å². The Kier molecular flexibility index (Phi) is 13.1. The zero-order chi connectivity index (χ0) is 14.5. The number of carbonyl (C=O) groups excluding carboxylic acids is 2. The minimum atomic E-state index is -0.359. The highest BCUT2D eigenvalue weighted by molar-refractivity contribution is 5.86. The van der Waals surface area contributed by atoms with Crippen LogP contribution in [-0.4, -0.2) is 18.5 Å². The molecular formula is C16H23NO3. The highest BCUT2D eigenvalue weighted by atomic mass is 16.5. The van der Waals surface area contributed by atoms with Gasteiger partial charge in [0.25, 0.3) is 0 Å². The minimum absolute atomic E-state index is 0. The molecule has 0 saturated heterocycles. The lowest BCUT2D eigenvalue weighted by Gasteiger charge is -2.00. The van der Waals surface area contributed by atoms with E-state index in [-0.39, 0.29) is 19.3 Å². The van der Waals surface area contributed by atoms with Gasteiger partial charge in [0.2, 0.25) is 5.91 Å². The van der Waals surface area contributed by atoms with Crippen LogP contribution < -0.4 is 5.32 Å². The van der Waals surface area contributed by atoms with Crippen molar-refractivity contribution in [1.82, 2.24) is 5.32 Å². The van der Waals surface area contributed by atoms with Crippen molar-refractivity contribution in [3.05, 3.63) is 61.2 Å². The summed E-state index contributed by atoms with van der Waals surface area (Å²) in [6, 6.07) is 9.75. The standard InChI is InChI=1S/C10H11NO.C5H8O2.CH4/c1-2-10(12)11-8-9-6-4-3-5-7-9;1-3-5(6)7-4-2;/h2-7H,1,8H2,(H,11,12);3H,1,4H2,2H3;1H4. The van der Waals surface area contributed by atoms with E-state index < -0.39 is 0 Å². The van der Waals surface area contributed by atoms with Crippen LogP contribution in [-0.2, 0) is 20.9 Å². The number of esters is 1. The Hall–Kier alpha value is -2.36. The lowest BCUT2D eigenvalue weighted by molar-refractivity contribution is -0.137. The Bertz CT molecular complexity index is 413. The number of nitrogens with one attached hydrogen (secondary N) is 1. The van der Waals surface area contributed by atoms with Crippen molar-refractivity contribution in [1.29, 1.82) is 0 Å². The fourth-order valence-corrected chi connectivity index (χ4v) is 1.06. The fourth-order valence-electron chi connectivity index (χ4n) is 1.06. The SMILES string of the molecule is C.C=CC(=O)NCc1ccccc1.C=CC(=O)OCC. The second-order valence-electron chi connectivity index (χ2n) is 3.36. The Morgan fingerprint density at radius 2 is 1.80 bits per heavy atom. The molecule has 1 N–H and O–H groups in total. The van der Waals surface area contributed by atoms with Gasteiger partial charge in [0.15, 0.2) is 0 Å². The van der Waals surface area contributed by atoms with Gasteiger partial charge in [-0.2, -0.15) is 0 Å². The third-order valence-corrected chi connectivity index (χ3v) is 1.95. The third-order valence-electron chi connectivity index (χ3n) is 1.95. The Balaban J connectivity index is 0. The molecule has 1 rings (SSSR count). The highest BCUT2D eigenvalue weighted by Gasteiger charge is 1.93. The number of rotatable bonds is 5. The average Bonchev–Trinajstić information content (AvgIpc) is 2.46. The van der Waals surface area contributed by atoms with E-state index in [4.69, 9.17) is 0 Å². The van der Waals surface area contributed by atoms with Gasteiger partial charge in [0.05, 0.1) is 6.61 Å². The Morgan fingerprint density at radius 3 is 2.20 bits per heavy atom. The van der Waals surface area contributed by atoms with Crippen LogP contribution in [0.15, 0.2) is 55.6 Å². The van der Waals surface area contributed by atoms with Crippen LogP contribution in [0, 0.1) is 0 Å². The van der Waals surface area contributed by atoms with Gasteiger partial charge in [-0.25, -0.2) is 4.79 Å². The maximum absolute atomic E-state index is 10.8. The van der Waals surface area contributed by atoms with Crippen molar-refractivity contribution in [2.45, 2.75) is 20.9 Å². The number of hydrogen-bond acceptors (Lipinski definition) is 3. The predicted octanol–water partition coefficient (Wildman–Crippen LogP) is 2.86. The first kappa shape index (κ1) is 20.0. The Morgan fingerprint density at radius 1 is 1.20 bits per heavy atom. The minimum Gasteiger partial charge on any atom is -0.463 e.